The lowest BCUT2D eigenvalue weighted by atomic mass is 10.2. The highest BCUT2D eigenvalue weighted by atomic mass is 15.1. The molecule has 0 spiro atoms. The highest BCUT2D eigenvalue weighted by Crippen LogP contribution is 2.23. The smallest absolute Gasteiger partial charge is 0.101 e. The van der Waals surface area contributed by atoms with Crippen LogP contribution in [-0.4, -0.2) is 0 Å². The van der Waals surface area contributed by atoms with E-state index in [9.17, 15) is 0 Å². The van der Waals surface area contributed by atoms with Crippen molar-refractivity contribution in [3.8, 4) is 24.7 Å². The van der Waals surface area contributed by atoms with E-state index >= 15 is 0 Å². The average Bonchev–Trinajstić information content (AvgIpc) is 2.45. The molecule has 0 heterocycles. The van der Waals surface area contributed by atoms with E-state index in [1.807, 2.05) is 48.5 Å². The van der Waals surface area contributed by atoms with Crippen LogP contribution >= 0.6 is 0 Å². The van der Waals surface area contributed by atoms with E-state index in [1.54, 1.807) is 0 Å². The number of rotatable bonds is 2. The zero-order valence-corrected chi connectivity index (χ0v) is 9.67. The number of hydrogen-bond donors (Lipinski definition) is 0. The Morgan fingerprint density at radius 2 is 1.06 bits per heavy atom. The van der Waals surface area contributed by atoms with Gasteiger partial charge in [0.05, 0.1) is 11.1 Å². The summed E-state index contributed by atoms with van der Waals surface area (Å²) in [4.78, 5) is 0. The van der Waals surface area contributed by atoms with E-state index in [1.165, 1.54) is 0 Å². The predicted octanol–water partition coefficient (Wildman–Crippen LogP) is 4.06. The van der Waals surface area contributed by atoms with E-state index in [0.29, 0.717) is 22.5 Å². The van der Waals surface area contributed by atoms with Gasteiger partial charge in [0.25, 0.3) is 0 Å². The summed E-state index contributed by atoms with van der Waals surface area (Å²) in [5.74, 6) is 5.13. The first-order valence-electron chi connectivity index (χ1n) is 5.38. The first kappa shape index (κ1) is 11.6. The molecule has 0 amide bonds. The molecule has 0 unspecified atom stereocenters. The van der Waals surface area contributed by atoms with Gasteiger partial charge in [0, 0.05) is 0 Å². The lowest BCUT2D eigenvalue weighted by molar-refractivity contribution is 1.22. The maximum Gasteiger partial charge on any atom is 0.101 e. The van der Waals surface area contributed by atoms with Crippen molar-refractivity contribution >= 4 is 11.4 Å². The van der Waals surface area contributed by atoms with Gasteiger partial charge < -0.3 is 0 Å². The largest absolute Gasteiger partial charge is 0.149 e. The fraction of sp³-hybridized carbons (Fsp3) is 0. The predicted molar refractivity (Wildman–Crippen MR) is 72.9 cm³/mol. The van der Waals surface area contributed by atoms with Gasteiger partial charge in [-0.2, -0.15) is 0 Å². The number of azo groups is 1. The van der Waals surface area contributed by atoms with Crippen LogP contribution in [-0.2, 0) is 0 Å². The zero-order chi connectivity index (χ0) is 12.8. The molecule has 0 aromatic heterocycles. The zero-order valence-electron chi connectivity index (χ0n) is 9.67. The van der Waals surface area contributed by atoms with E-state index in [0.717, 1.165) is 0 Å². The minimum Gasteiger partial charge on any atom is -0.149 e. The molecule has 2 nitrogen and oxygen atoms in total. The Morgan fingerprint density at radius 3 is 1.44 bits per heavy atom. The molecule has 2 aromatic carbocycles. The molecule has 0 radical (unpaired) electrons. The summed E-state index contributed by atoms with van der Waals surface area (Å²) in [7, 11) is 0. The summed E-state index contributed by atoms with van der Waals surface area (Å²) >= 11 is 0. The van der Waals surface area contributed by atoms with E-state index in [4.69, 9.17) is 12.8 Å². The minimum atomic E-state index is 0.659. The number of nitrogens with zero attached hydrogens (tertiary/aromatic N) is 2. The topological polar surface area (TPSA) is 24.7 Å². The maximum atomic E-state index is 5.39. The molecule has 0 N–H and O–H groups in total. The molecule has 0 saturated carbocycles. The summed E-state index contributed by atoms with van der Waals surface area (Å²) in [5, 5.41) is 8.29. The van der Waals surface area contributed by atoms with Gasteiger partial charge >= 0.3 is 0 Å². The van der Waals surface area contributed by atoms with Crippen molar-refractivity contribution in [2.45, 2.75) is 0 Å². The van der Waals surface area contributed by atoms with Crippen LogP contribution in [0.15, 0.2) is 58.8 Å². The molecule has 84 valence electrons. The van der Waals surface area contributed by atoms with Crippen LogP contribution in [0.4, 0.5) is 11.4 Å². The second-order valence-electron chi connectivity index (χ2n) is 3.52. The molecule has 18 heavy (non-hydrogen) atoms. The van der Waals surface area contributed by atoms with Crippen LogP contribution in [0.2, 0.25) is 0 Å². The van der Waals surface area contributed by atoms with Gasteiger partial charge in [-0.25, -0.2) is 0 Å². The van der Waals surface area contributed by atoms with Crippen LogP contribution < -0.4 is 0 Å². The lowest BCUT2D eigenvalue weighted by Gasteiger charge is -1.98. The van der Waals surface area contributed by atoms with Gasteiger partial charge in [-0.1, -0.05) is 36.1 Å². The van der Waals surface area contributed by atoms with Crippen LogP contribution in [0.25, 0.3) is 0 Å². The Kier molecular flexibility index (Phi) is 3.54. The van der Waals surface area contributed by atoms with Crippen LogP contribution in [0.1, 0.15) is 11.1 Å². The van der Waals surface area contributed by atoms with Crippen molar-refractivity contribution in [3.63, 3.8) is 0 Å². The molecule has 0 aliphatic heterocycles. The Balaban J connectivity index is 2.37. The van der Waals surface area contributed by atoms with Crippen LogP contribution in [0, 0.1) is 24.7 Å². The van der Waals surface area contributed by atoms with Crippen LogP contribution in [0.3, 0.4) is 0 Å². The molecular formula is C16H10N2. The van der Waals surface area contributed by atoms with Gasteiger partial charge in [-0.05, 0) is 24.3 Å². The standard InChI is InChI=1S/C16H10N2/c1-3-13-9-5-7-11-15(13)17-18-16-12-8-6-10-14(16)4-2/h1-2,5-12H. The highest BCUT2D eigenvalue weighted by molar-refractivity contribution is 5.56. The molecule has 0 aliphatic carbocycles. The third kappa shape index (κ3) is 2.45. The van der Waals surface area contributed by atoms with Gasteiger partial charge in [-0.15, -0.1) is 23.1 Å². The summed E-state index contributed by atoms with van der Waals surface area (Å²) in [6.45, 7) is 0. The first-order valence-corrected chi connectivity index (χ1v) is 5.38. The molecule has 0 atom stereocenters. The molecule has 2 heteroatoms. The maximum absolute atomic E-state index is 5.39. The SMILES string of the molecule is C#Cc1ccccc1N=Nc1ccccc1C#C. The Bertz CT molecular complexity index is 610. The van der Waals surface area contributed by atoms with Crippen molar-refractivity contribution in [1.29, 1.82) is 0 Å². The second kappa shape index (κ2) is 5.48. The third-order valence-corrected chi connectivity index (χ3v) is 2.38. The summed E-state index contributed by atoms with van der Waals surface area (Å²) in [6.07, 6.45) is 10.8. The first-order chi connectivity index (χ1) is 8.85. The number of terminal acetylenes is 2. The molecule has 0 saturated heterocycles. The number of benzene rings is 2. The molecule has 0 fully saturated rings. The molecular weight excluding hydrogens is 220 g/mol. The Labute approximate surface area is 106 Å². The van der Waals surface area contributed by atoms with Gasteiger partial charge in [-0.3, -0.25) is 0 Å². The highest BCUT2D eigenvalue weighted by Gasteiger charge is 1.99. The van der Waals surface area contributed by atoms with Crippen molar-refractivity contribution in [3.05, 3.63) is 59.7 Å². The summed E-state index contributed by atoms with van der Waals surface area (Å²) in [6, 6.07) is 14.7. The Morgan fingerprint density at radius 1 is 0.667 bits per heavy atom. The van der Waals surface area contributed by atoms with Gasteiger partial charge in [0.2, 0.25) is 0 Å². The number of hydrogen-bond acceptors (Lipinski definition) is 2. The summed E-state index contributed by atoms with van der Waals surface area (Å²) < 4.78 is 0. The van der Waals surface area contributed by atoms with Gasteiger partial charge in [0.15, 0.2) is 0 Å². The third-order valence-electron chi connectivity index (χ3n) is 2.38. The van der Waals surface area contributed by atoms with Crippen molar-refractivity contribution in [2.24, 2.45) is 10.2 Å². The minimum absolute atomic E-state index is 0.659. The molecule has 2 rings (SSSR count). The van der Waals surface area contributed by atoms with Crippen molar-refractivity contribution in [1.82, 2.24) is 0 Å². The average molecular weight is 230 g/mol. The summed E-state index contributed by atoms with van der Waals surface area (Å²) in [5.41, 5.74) is 2.73. The molecule has 0 bridgehead atoms. The van der Waals surface area contributed by atoms with E-state index < -0.39 is 0 Å². The van der Waals surface area contributed by atoms with Crippen molar-refractivity contribution < 1.29 is 0 Å². The monoisotopic (exact) mass is 230 g/mol. The fourth-order valence-electron chi connectivity index (χ4n) is 1.47. The lowest BCUT2D eigenvalue weighted by Crippen LogP contribution is -1.75. The molecule has 0 aliphatic rings. The quantitative estimate of drug-likeness (QED) is 0.549. The Hall–Kier alpha value is -2.84. The van der Waals surface area contributed by atoms with Crippen LogP contribution in [0.5, 0.6) is 0 Å². The van der Waals surface area contributed by atoms with Crippen molar-refractivity contribution in [2.75, 3.05) is 0 Å². The molecule has 2 aromatic rings. The second-order valence-corrected chi connectivity index (χ2v) is 3.52. The fourth-order valence-corrected chi connectivity index (χ4v) is 1.47. The van der Waals surface area contributed by atoms with E-state index in [2.05, 4.69) is 22.1 Å². The van der Waals surface area contributed by atoms with Gasteiger partial charge in [0.1, 0.15) is 11.4 Å². The van der Waals surface area contributed by atoms with E-state index in [-0.39, 0.29) is 0 Å². The normalized spacial score (nSPS) is 9.89.